The molecule has 0 aliphatic heterocycles. The number of aromatic nitrogens is 6. The monoisotopic (exact) mass is 387 g/mol. The summed E-state index contributed by atoms with van der Waals surface area (Å²) in [6.45, 7) is 0.611. The lowest BCUT2D eigenvalue weighted by molar-refractivity contribution is 0.0952. The SMILES string of the molecule is O=C(NCCn1cnc(-c2ccccc2)cc1=O)c1cccc(-n2cnnn2)c1. The van der Waals surface area contributed by atoms with E-state index in [4.69, 9.17) is 0 Å². The predicted molar refractivity (Wildman–Crippen MR) is 105 cm³/mol. The number of rotatable bonds is 6. The fourth-order valence-corrected chi connectivity index (χ4v) is 2.82. The molecular weight excluding hydrogens is 370 g/mol. The van der Waals surface area contributed by atoms with Gasteiger partial charge in [-0.1, -0.05) is 36.4 Å². The van der Waals surface area contributed by atoms with Gasteiger partial charge in [0, 0.05) is 30.3 Å². The first kappa shape index (κ1) is 18.2. The van der Waals surface area contributed by atoms with Gasteiger partial charge in [0.1, 0.15) is 6.33 Å². The Kier molecular flexibility index (Phi) is 5.19. The summed E-state index contributed by atoms with van der Waals surface area (Å²) in [5.74, 6) is -0.248. The molecule has 144 valence electrons. The second-order valence-corrected chi connectivity index (χ2v) is 6.23. The average Bonchev–Trinajstić information content (AvgIpc) is 3.30. The van der Waals surface area contributed by atoms with Crippen molar-refractivity contribution in [2.75, 3.05) is 6.54 Å². The summed E-state index contributed by atoms with van der Waals surface area (Å²) in [5, 5.41) is 13.8. The summed E-state index contributed by atoms with van der Waals surface area (Å²) >= 11 is 0. The summed E-state index contributed by atoms with van der Waals surface area (Å²) in [6, 6.07) is 17.9. The Bertz CT molecular complexity index is 1170. The van der Waals surface area contributed by atoms with Gasteiger partial charge in [0.05, 0.1) is 17.7 Å². The van der Waals surface area contributed by atoms with Crippen molar-refractivity contribution in [2.24, 2.45) is 0 Å². The third kappa shape index (κ3) is 4.24. The van der Waals surface area contributed by atoms with Crippen LogP contribution in [0.4, 0.5) is 0 Å². The molecule has 0 spiro atoms. The zero-order chi connectivity index (χ0) is 20.1. The van der Waals surface area contributed by atoms with Gasteiger partial charge in [-0.05, 0) is 28.6 Å². The molecular formula is C20H17N7O2. The quantitative estimate of drug-likeness (QED) is 0.535. The Hall–Kier alpha value is -4.14. The van der Waals surface area contributed by atoms with Gasteiger partial charge in [-0.15, -0.1) is 5.10 Å². The van der Waals surface area contributed by atoms with Crippen LogP contribution in [0.2, 0.25) is 0 Å². The Labute approximate surface area is 165 Å². The van der Waals surface area contributed by atoms with Crippen LogP contribution in [0.25, 0.3) is 16.9 Å². The van der Waals surface area contributed by atoms with Crippen molar-refractivity contribution in [3.05, 3.63) is 89.2 Å². The molecule has 2 aromatic heterocycles. The molecule has 0 atom stereocenters. The number of benzene rings is 2. The lowest BCUT2D eigenvalue weighted by Gasteiger charge is -2.09. The molecule has 1 N–H and O–H groups in total. The standard InChI is InChI=1S/C20H17N7O2/c28-19-12-18(15-5-2-1-3-6-15)22-13-26(19)10-9-21-20(29)16-7-4-8-17(11-16)27-14-23-24-25-27/h1-8,11-14H,9-10H2,(H,21,29). The summed E-state index contributed by atoms with van der Waals surface area (Å²) in [5.41, 5.74) is 2.49. The van der Waals surface area contributed by atoms with Gasteiger partial charge in [0.15, 0.2) is 0 Å². The first-order valence-corrected chi connectivity index (χ1v) is 8.94. The van der Waals surface area contributed by atoms with Crippen molar-refractivity contribution < 1.29 is 4.79 Å². The minimum absolute atomic E-state index is 0.172. The molecule has 9 nitrogen and oxygen atoms in total. The first-order chi connectivity index (χ1) is 14.2. The van der Waals surface area contributed by atoms with E-state index in [2.05, 4.69) is 25.8 Å². The number of hydrogen-bond acceptors (Lipinski definition) is 6. The van der Waals surface area contributed by atoms with Crippen molar-refractivity contribution in [3.63, 3.8) is 0 Å². The fraction of sp³-hybridized carbons (Fsp3) is 0.100. The normalized spacial score (nSPS) is 10.6. The number of hydrogen-bond donors (Lipinski definition) is 1. The predicted octanol–water partition coefficient (Wildman–Crippen LogP) is 1.32. The molecule has 0 saturated carbocycles. The van der Waals surface area contributed by atoms with Gasteiger partial charge in [-0.2, -0.15) is 0 Å². The number of amides is 1. The van der Waals surface area contributed by atoms with Crippen LogP contribution in [0, 0.1) is 0 Å². The van der Waals surface area contributed by atoms with Crippen molar-refractivity contribution in [3.8, 4) is 16.9 Å². The third-order valence-corrected chi connectivity index (χ3v) is 4.31. The van der Waals surface area contributed by atoms with Gasteiger partial charge in [-0.3, -0.25) is 14.2 Å². The van der Waals surface area contributed by atoms with Gasteiger partial charge in [0.2, 0.25) is 0 Å². The Morgan fingerprint density at radius 2 is 1.86 bits per heavy atom. The fourth-order valence-electron chi connectivity index (χ4n) is 2.82. The summed E-state index contributed by atoms with van der Waals surface area (Å²) in [4.78, 5) is 29.1. The van der Waals surface area contributed by atoms with Crippen molar-refractivity contribution in [1.82, 2.24) is 35.1 Å². The Morgan fingerprint density at radius 3 is 2.62 bits per heavy atom. The Morgan fingerprint density at radius 1 is 1.00 bits per heavy atom. The molecule has 29 heavy (non-hydrogen) atoms. The minimum atomic E-state index is -0.248. The van der Waals surface area contributed by atoms with Crippen LogP contribution in [-0.4, -0.2) is 42.2 Å². The van der Waals surface area contributed by atoms with Gasteiger partial charge >= 0.3 is 0 Å². The van der Waals surface area contributed by atoms with Gasteiger partial charge < -0.3 is 5.32 Å². The molecule has 4 aromatic rings. The largest absolute Gasteiger partial charge is 0.350 e. The molecule has 4 rings (SSSR count). The molecule has 1 amide bonds. The van der Waals surface area contributed by atoms with Crippen LogP contribution in [0.1, 0.15) is 10.4 Å². The maximum atomic E-state index is 12.4. The van der Waals surface area contributed by atoms with Crippen molar-refractivity contribution in [1.29, 1.82) is 0 Å². The van der Waals surface area contributed by atoms with Crippen molar-refractivity contribution in [2.45, 2.75) is 6.54 Å². The van der Waals surface area contributed by atoms with E-state index in [0.717, 1.165) is 5.56 Å². The summed E-state index contributed by atoms with van der Waals surface area (Å²) < 4.78 is 2.93. The number of nitrogens with one attached hydrogen (secondary N) is 1. The molecule has 0 fully saturated rings. The zero-order valence-corrected chi connectivity index (χ0v) is 15.3. The molecule has 0 aliphatic rings. The lowest BCUT2D eigenvalue weighted by Crippen LogP contribution is -2.30. The smallest absolute Gasteiger partial charge is 0.253 e. The van der Waals surface area contributed by atoms with E-state index in [1.54, 1.807) is 24.3 Å². The van der Waals surface area contributed by atoms with Crippen LogP contribution < -0.4 is 10.9 Å². The van der Waals surface area contributed by atoms with E-state index in [1.807, 2.05) is 30.3 Å². The maximum Gasteiger partial charge on any atom is 0.253 e. The topological polar surface area (TPSA) is 108 Å². The van der Waals surface area contributed by atoms with Crippen LogP contribution in [0.5, 0.6) is 0 Å². The summed E-state index contributed by atoms with van der Waals surface area (Å²) in [6.07, 6.45) is 2.95. The van der Waals surface area contributed by atoms with Crippen LogP contribution in [0.3, 0.4) is 0 Å². The van der Waals surface area contributed by atoms with Crippen LogP contribution in [0.15, 0.2) is 78.1 Å². The van der Waals surface area contributed by atoms with Crippen molar-refractivity contribution >= 4 is 5.91 Å². The summed E-state index contributed by atoms with van der Waals surface area (Å²) in [7, 11) is 0. The van der Waals surface area contributed by atoms with Gasteiger partial charge in [0.25, 0.3) is 11.5 Å². The second kappa shape index (κ2) is 8.26. The molecule has 0 unspecified atom stereocenters. The first-order valence-electron chi connectivity index (χ1n) is 8.94. The number of carbonyl (C=O) groups excluding carboxylic acids is 1. The number of nitrogens with zero attached hydrogens (tertiary/aromatic N) is 6. The number of tetrazole rings is 1. The molecule has 9 heteroatoms. The molecule has 0 bridgehead atoms. The van der Waals surface area contributed by atoms with E-state index in [-0.39, 0.29) is 11.5 Å². The maximum absolute atomic E-state index is 12.4. The number of carbonyl (C=O) groups is 1. The highest BCUT2D eigenvalue weighted by atomic mass is 16.1. The molecule has 2 aromatic carbocycles. The van der Waals surface area contributed by atoms with E-state index in [0.29, 0.717) is 30.0 Å². The van der Waals surface area contributed by atoms with Crippen LogP contribution >= 0.6 is 0 Å². The minimum Gasteiger partial charge on any atom is -0.350 e. The Balaban J connectivity index is 1.38. The highest BCUT2D eigenvalue weighted by Gasteiger charge is 2.08. The van der Waals surface area contributed by atoms with E-state index in [9.17, 15) is 9.59 Å². The molecule has 0 saturated heterocycles. The lowest BCUT2D eigenvalue weighted by atomic mass is 10.1. The van der Waals surface area contributed by atoms with Crippen LogP contribution in [-0.2, 0) is 6.54 Å². The third-order valence-electron chi connectivity index (χ3n) is 4.31. The molecule has 0 aliphatic carbocycles. The molecule has 2 heterocycles. The average molecular weight is 387 g/mol. The second-order valence-electron chi connectivity index (χ2n) is 6.23. The highest BCUT2D eigenvalue weighted by Crippen LogP contribution is 2.13. The zero-order valence-electron chi connectivity index (χ0n) is 15.3. The highest BCUT2D eigenvalue weighted by molar-refractivity contribution is 5.94. The van der Waals surface area contributed by atoms with E-state index < -0.39 is 0 Å². The van der Waals surface area contributed by atoms with Gasteiger partial charge in [-0.25, -0.2) is 9.67 Å². The molecule has 0 radical (unpaired) electrons. The van der Waals surface area contributed by atoms with E-state index >= 15 is 0 Å². The van der Waals surface area contributed by atoms with E-state index in [1.165, 1.54) is 28.0 Å².